The molecule has 2 aromatic rings. The molecular formula is C19H23NO. The Labute approximate surface area is 127 Å². The summed E-state index contributed by atoms with van der Waals surface area (Å²) in [6, 6.07) is 19.4. The lowest BCUT2D eigenvalue weighted by molar-refractivity contribution is -0.0304. The summed E-state index contributed by atoms with van der Waals surface area (Å²) in [5, 5.41) is 0. The highest BCUT2D eigenvalue weighted by molar-refractivity contribution is 5.23. The monoisotopic (exact) mass is 281 g/mol. The van der Waals surface area contributed by atoms with Crippen molar-refractivity contribution in [3.05, 3.63) is 71.3 Å². The van der Waals surface area contributed by atoms with Gasteiger partial charge < -0.3 is 4.74 Å². The fraction of sp³-hybridized carbons (Fsp3) is 0.368. The Kier molecular flexibility index (Phi) is 4.69. The summed E-state index contributed by atoms with van der Waals surface area (Å²) >= 11 is 0. The molecule has 1 heterocycles. The predicted octanol–water partition coefficient (Wildman–Crippen LogP) is 3.44. The lowest BCUT2D eigenvalue weighted by Crippen LogP contribution is -2.42. The van der Waals surface area contributed by atoms with Crippen molar-refractivity contribution in [3.63, 3.8) is 0 Å². The second kappa shape index (κ2) is 6.88. The van der Waals surface area contributed by atoms with Crippen LogP contribution in [0.15, 0.2) is 54.6 Å². The maximum atomic E-state index is 5.95. The summed E-state index contributed by atoms with van der Waals surface area (Å²) in [6.07, 6.45) is 1.32. The van der Waals surface area contributed by atoms with Crippen molar-refractivity contribution in [2.45, 2.75) is 26.0 Å². The third-order valence-electron chi connectivity index (χ3n) is 4.02. The molecule has 2 heteroatoms. The van der Waals surface area contributed by atoms with E-state index >= 15 is 0 Å². The normalized spacial score (nSPS) is 19.6. The number of rotatable bonds is 4. The Bertz CT molecular complexity index is 567. The first kappa shape index (κ1) is 14.3. The van der Waals surface area contributed by atoms with Crippen LogP contribution in [0.25, 0.3) is 0 Å². The van der Waals surface area contributed by atoms with Crippen LogP contribution in [0.3, 0.4) is 0 Å². The van der Waals surface area contributed by atoms with E-state index in [1.165, 1.54) is 16.7 Å². The summed E-state index contributed by atoms with van der Waals surface area (Å²) in [7, 11) is 0. The molecule has 2 aromatic carbocycles. The van der Waals surface area contributed by atoms with E-state index in [1.807, 2.05) is 0 Å². The van der Waals surface area contributed by atoms with E-state index in [9.17, 15) is 0 Å². The van der Waals surface area contributed by atoms with E-state index in [0.717, 1.165) is 32.7 Å². The van der Waals surface area contributed by atoms with Gasteiger partial charge in [-0.3, -0.25) is 4.90 Å². The summed E-state index contributed by atoms with van der Waals surface area (Å²) in [5.74, 6) is 0. The van der Waals surface area contributed by atoms with Crippen molar-refractivity contribution in [3.8, 4) is 0 Å². The highest BCUT2D eigenvalue weighted by Crippen LogP contribution is 2.15. The molecule has 1 unspecified atom stereocenters. The molecule has 0 saturated carbocycles. The van der Waals surface area contributed by atoms with Gasteiger partial charge in [0.1, 0.15) is 0 Å². The topological polar surface area (TPSA) is 12.5 Å². The van der Waals surface area contributed by atoms with E-state index < -0.39 is 0 Å². The smallest absolute Gasteiger partial charge is 0.0743 e. The van der Waals surface area contributed by atoms with Gasteiger partial charge in [0.05, 0.1) is 12.7 Å². The van der Waals surface area contributed by atoms with Gasteiger partial charge in [-0.05, 0) is 24.5 Å². The number of hydrogen-bond acceptors (Lipinski definition) is 2. The zero-order valence-corrected chi connectivity index (χ0v) is 12.7. The minimum Gasteiger partial charge on any atom is -0.375 e. The maximum absolute atomic E-state index is 5.95. The molecule has 0 aliphatic carbocycles. The number of ether oxygens (including phenoxy) is 1. The zero-order valence-electron chi connectivity index (χ0n) is 12.7. The van der Waals surface area contributed by atoms with Gasteiger partial charge in [-0.15, -0.1) is 0 Å². The fourth-order valence-electron chi connectivity index (χ4n) is 2.99. The summed E-state index contributed by atoms with van der Waals surface area (Å²) in [5.41, 5.74) is 4.08. The third kappa shape index (κ3) is 4.16. The van der Waals surface area contributed by atoms with Gasteiger partial charge in [-0.2, -0.15) is 0 Å². The van der Waals surface area contributed by atoms with Crippen LogP contribution >= 0.6 is 0 Å². The van der Waals surface area contributed by atoms with Gasteiger partial charge >= 0.3 is 0 Å². The lowest BCUT2D eigenvalue weighted by Gasteiger charge is -2.33. The molecule has 1 aliphatic rings. The first-order valence-electron chi connectivity index (χ1n) is 7.73. The van der Waals surface area contributed by atoms with Crippen LogP contribution in [-0.2, 0) is 17.7 Å². The number of morpholine rings is 1. The number of aryl methyl sites for hydroxylation is 1. The zero-order chi connectivity index (χ0) is 14.5. The number of benzene rings is 2. The van der Waals surface area contributed by atoms with Gasteiger partial charge in [0.15, 0.2) is 0 Å². The number of hydrogen-bond donors (Lipinski definition) is 0. The molecule has 1 saturated heterocycles. The van der Waals surface area contributed by atoms with Crippen molar-refractivity contribution in [2.24, 2.45) is 0 Å². The molecular weight excluding hydrogens is 258 g/mol. The van der Waals surface area contributed by atoms with Crippen molar-refractivity contribution in [1.29, 1.82) is 0 Å². The molecule has 0 aromatic heterocycles. The average molecular weight is 281 g/mol. The van der Waals surface area contributed by atoms with Crippen molar-refractivity contribution >= 4 is 0 Å². The van der Waals surface area contributed by atoms with Gasteiger partial charge in [0.2, 0.25) is 0 Å². The summed E-state index contributed by atoms with van der Waals surface area (Å²) in [6.45, 7) is 6.05. The second-order valence-corrected chi connectivity index (χ2v) is 5.91. The molecule has 1 atom stereocenters. The molecule has 0 amide bonds. The van der Waals surface area contributed by atoms with Crippen LogP contribution in [0.2, 0.25) is 0 Å². The largest absolute Gasteiger partial charge is 0.375 e. The second-order valence-electron chi connectivity index (χ2n) is 5.91. The molecule has 1 aliphatic heterocycles. The SMILES string of the molecule is Cc1cccc(CC2CN(Cc3ccccc3)CCO2)c1. The highest BCUT2D eigenvalue weighted by Gasteiger charge is 2.20. The van der Waals surface area contributed by atoms with Crippen molar-refractivity contribution in [1.82, 2.24) is 4.90 Å². The Balaban J connectivity index is 1.58. The van der Waals surface area contributed by atoms with E-state index in [4.69, 9.17) is 4.74 Å². The molecule has 0 bridgehead atoms. The first-order chi connectivity index (χ1) is 10.3. The summed E-state index contributed by atoms with van der Waals surface area (Å²) in [4.78, 5) is 2.50. The van der Waals surface area contributed by atoms with Crippen LogP contribution in [0.5, 0.6) is 0 Å². The molecule has 2 nitrogen and oxygen atoms in total. The molecule has 1 fully saturated rings. The van der Waals surface area contributed by atoms with E-state index in [-0.39, 0.29) is 0 Å². The fourth-order valence-corrected chi connectivity index (χ4v) is 2.99. The van der Waals surface area contributed by atoms with Gasteiger partial charge in [0.25, 0.3) is 0 Å². The Morgan fingerprint density at radius 1 is 1.05 bits per heavy atom. The predicted molar refractivity (Wildman–Crippen MR) is 86.3 cm³/mol. The quantitative estimate of drug-likeness (QED) is 0.851. The van der Waals surface area contributed by atoms with Crippen LogP contribution in [0.1, 0.15) is 16.7 Å². The van der Waals surface area contributed by atoms with E-state index in [0.29, 0.717) is 6.10 Å². The van der Waals surface area contributed by atoms with Crippen LogP contribution in [-0.4, -0.2) is 30.7 Å². The van der Waals surface area contributed by atoms with Crippen LogP contribution in [0, 0.1) is 6.92 Å². The summed E-state index contributed by atoms with van der Waals surface area (Å²) < 4.78 is 5.95. The minimum atomic E-state index is 0.310. The first-order valence-corrected chi connectivity index (χ1v) is 7.73. The standard InChI is InChI=1S/C19H23NO/c1-16-6-5-9-18(12-16)13-19-15-20(10-11-21-19)14-17-7-3-2-4-8-17/h2-9,12,19H,10-11,13-15H2,1H3. The van der Waals surface area contributed by atoms with Crippen molar-refractivity contribution in [2.75, 3.05) is 19.7 Å². The molecule has 0 spiro atoms. The average Bonchev–Trinajstić information content (AvgIpc) is 2.49. The van der Waals surface area contributed by atoms with Crippen LogP contribution < -0.4 is 0 Å². The van der Waals surface area contributed by atoms with Gasteiger partial charge in [-0.25, -0.2) is 0 Å². The molecule has 0 radical (unpaired) electrons. The van der Waals surface area contributed by atoms with E-state index in [1.54, 1.807) is 0 Å². The van der Waals surface area contributed by atoms with Gasteiger partial charge in [0, 0.05) is 19.6 Å². The number of nitrogens with zero attached hydrogens (tertiary/aromatic N) is 1. The Morgan fingerprint density at radius 3 is 2.67 bits per heavy atom. The third-order valence-corrected chi connectivity index (χ3v) is 4.02. The Morgan fingerprint density at radius 2 is 1.86 bits per heavy atom. The van der Waals surface area contributed by atoms with E-state index in [2.05, 4.69) is 66.4 Å². The molecule has 110 valence electrons. The van der Waals surface area contributed by atoms with Crippen molar-refractivity contribution < 1.29 is 4.74 Å². The molecule has 0 N–H and O–H groups in total. The minimum absolute atomic E-state index is 0.310. The van der Waals surface area contributed by atoms with Gasteiger partial charge in [-0.1, -0.05) is 60.2 Å². The maximum Gasteiger partial charge on any atom is 0.0743 e. The molecule has 3 rings (SSSR count). The molecule has 21 heavy (non-hydrogen) atoms. The highest BCUT2D eigenvalue weighted by atomic mass is 16.5. The lowest BCUT2D eigenvalue weighted by atomic mass is 10.0. The van der Waals surface area contributed by atoms with Crippen LogP contribution in [0.4, 0.5) is 0 Å². The Hall–Kier alpha value is -1.64.